The van der Waals surface area contributed by atoms with Crippen LogP contribution in [0.15, 0.2) is 48.5 Å². The molecule has 1 aliphatic heterocycles. The summed E-state index contributed by atoms with van der Waals surface area (Å²) in [6.45, 7) is 5.47. The molecular formula is C21H22Cl2N2O2. The smallest absolute Gasteiger partial charge is 0.246 e. The normalized spacial score (nSPS) is 14.6. The van der Waals surface area contributed by atoms with Gasteiger partial charge in [0.15, 0.2) is 0 Å². The molecule has 27 heavy (non-hydrogen) atoms. The van der Waals surface area contributed by atoms with Crippen LogP contribution in [0.2, 0.25) is 10.0 Å². The van der Waals surface area contributed by atoms with Crippen molar-refractivity contribution >= 4 is 40.9 Å². The van der Waals surface area contributed by atoms with Crippen LogP contribution < -0.4 is 9.64 Å². The predicted octanol–water partition coefficient (Wildman–Crippen LogP) is 4.75. The van der Waals surface area contributed by atoms with E-state index in [1.807, 2.05) is 54.3 Å². The van der Waals surface area contributed by atoms with Gasteiger partial charge in [-0.25, -0.2) is 0 Å². The number of ether oxygens (including phenoxy) is 1. The van der Waals surface area contributed by atoms with E-state index in [0.717, 1.165) is 30.1 Å². The molecule has 0 atom stereocenters. The van der Waals surface area contributed by atoms with Gasteiger partial charge >= 0.3 is 0 Å². The summed E-state index contributed by atoms with van der Waals surface area (Å²) < 4.78 is 5.42. The van der Waals surface area contributed by atoms with Crippen molar-refractivity contribution in [3.05, 3.63) is 64.1 Å². The minimum Gasteiger partial charge on any atom is -0.494 e. The van der Waals surface area contributed by atoms with E-state index in [4.69, 9.17) is 27.9 Å². The zero-order valence-electron chi connectivity index (χ0n) is 15.2. The largest absolute Gasteiger partial charge is 0.494 e. The molecule has 0 bridgehead atoms. The van der Waals surface area contributed by atoms with Crippen molar-refractivity contribution in [2.75, 3.05) is 37.7 Å². The number of carbonyl (C=O) groups excluding carboxylic acids is 1. The third-order valence-electron chi connectivity index (χ3n) is 4.47. The van der Waals surface area contributed by atoms with Crippen LogP contribution in [-0.4, -0.2) is 43.6 Å². The molecule has 0 spiro atoms. The van der Waals surface area contributed by atoms with Gasteiger partial charge in [0.2, 0.25) is 5.91 Å². The van der Waals surface area contributed by atoms with E-state index in [1.165, 1.54) is 0 Å². The molecule has 142 valence electrons. The summed E-state index contributed by atoms with van der Waals surface area (Å²) in [6, 6.07) is 13.3. The van der Waals surface area contributed by atoms with E-state index >= 15 is 0 Å². The van der Waals surface area contributed by atoms with Crippen LogP contribution in [0.3, 0.4) is 0 Å². The number of carbonyl (C=O) groups is 1. The highest BCUT2D eigenvalue weighted by atomic mass is 35.5. The zero-order chi connectivity index (χ0) is 19.2. The number of benzene rings is 2. The third kappa shape index (κ3) is 5.18. The molecular weight excluding hydrogens is 383 g/mol. The Morgan fingerprint density at radius 1 is 1.04 bits per heavy atom. The van der Waals surface area contributed by atoms with Gasteiger partial charge in [-0.2, -0.15) is 0 Å². The first-order chi connectivity index (χ1) is 13.1. The monoisotopic (exact) mass is 404 g/mol. The second-order valence-electron chi connectivity index (χ2n) is 6.25. The maximum absolute atomic E-state index is 12.4. The maximum Gasteiger partial charge on any atom is 0.246 e. The molecule has 0 aromatic heterocycles. The molecule has 6 heteroatoms. The van der Waals surface area contributed by atoms with Crippen molar-refractivity contribution < 1.29 is 9.53 Å². The van der Waals surface area contributed by atoms with Crippen LogP contribution in [0.4, 0.5) is 5.69 Å². The summed E-state index contributed by atoms with van der Waals surface area (Å²) in [5.74, 6) is 0.858. The minimum atomic E-state index is 0.0256. The number of nitrogens with zero attached hydrogens (tertiary/aromatic N) is 2. The summed E-state index contributed by atoms with van der Waals surface area (Å²) in [4.78, 5) is 16.5. The molecule has 1 aliphatic rings. The lowest BCUT2D eigenvalue weighted by Crippen LogP contribution is -2.48. The fourth-order valence-corrected chi connectivity index (χ4v) is 3.27. The number of rotatable bonds is 5. The molecule has 1 heterocycles. The van der Waals surface area contributed by atoms with Gasteiger partial charge < -0.3 is 14.5 Å². The van der Waals surface area contributed by atoms with E-state index in [0.29, 0.717) is 29.7 Å². The molecule has 3 rings (SSSR count). The number of piperazine rings is 1. The van der Waals surface area contributed by atoms with Gasteiger partial charge in [-0.1, -0.05) is 35.3 Å². The first kappa shape index (κ1) is 19.6. The molecule has 2 aromatic rings. The molecule has 1 fully saturated rings. The Morgan fingerprint density at radius 2 is 1.74 bits per heavy atom. The number of hydrogen-bond acceptors (Lipinski definition) is 3. The van der Waals surface area contributed by atoms with Gasteiger partial charge in [0.25, 0.3) is 0 Å². The topological polar surface area (TPSA) is 32.8 Å². The second-order valence-corrected chi connectivity index (χ2v) is 7.06. The highest BCUT2D eigenvalue weighted by Gasteiger charge is 2.20. The van der Waals surface area contributed by atoms with E-state index in [-0.39, 0.29) is 5.91 Å². The van der Waals surface area contributed by atoms with Gasteiger partial charge in [-0.3, -0.25) is 4.79 Å². The van der Waals surface area contributed by atoms with Gasteiger partial charge in [0, 0.05) is 37.9 Å². The fourth-order valence-electron chi connectivity index (χ4n) is 2.98. The standard InChI is InChI=1S/C21H22Cl2N2O2/c1-2-27-18-7-3-16(4-8-18)5-10-21(26)25-13-11-24(12-14-25)17-6-9-19(22)20(23)15-17/h3-10,15H,2,11-14H2,1H3. The van der Waals surface area contributed by atoms with E-state index < -0.39 is 0 Å². The van der Waals surface area contributed by atoms with Crippen molar-refractivity contribution in [3.63, 3.8) is 0 Å². The predicted molar refractivity (Wildman–Crippen MR) is 112 cm³/mol. The van der Waals surface area contributed by atoms with Crippen molar-refractivity contribution in [1.29, 1.82) is 0 Å². The average Bonchev–Trinajstić information content (AvgIpc) is 2.70. The van der Waals surface area contributed by atoms with E-state index in [2.05, 4.69) is 4.90 Å². The SMILES string of the molecule is CCOc1ccc(C=CC(=O)N2CCN(c3ccc(Cl)c(Cl)c3)CC2)cc1. The van der Waals surface area contributed by atoms with Crippen molar-refractivity contribution in [1.82, 2.24) is 4.90 Å². The number of halogens is 2. The summed E-state index contributed by atoms with van der Waals surface area (Å²) >= 11 is 12.1. The van der Waals surface area contributed by atoms with Crippen LogP contribution in [-0.2, 0) is 4.79 Å². The second kappa shape index (κ2) is 9.16. The summed E-state index contributed by atoms with van der Waals surface area (Å²) in [5.41, 5.74) is 2.00. The molecule has 0 unspecified atom stereocenters. The molecule has 4 nitrogen and oxygen atoms in total. The van der Waals surface area contributed by atoms with Crippen molar-refractivity contribution in [2.45, 2.75) is 6.92 Å². The Hall–Kier alpha value is -2.17. The molecule has 2 aromatic carbocycles. The lowest BCUT2D eigenvalue weighted by atomic mass is 10.2. The Labute approximate surface area is 169 Å². The Balaban J connectivity index is 1.54. The van der Waals surface area contributed by atoms with E-state index in [9.17, 15) is 4.79 Å². The average molecular weight is 405 g/mol. The highest BCUT2D eigenvalue weighted by molar-refractivity contribution is 6.42. The molecule has 0 aliphatic carbocycles. The fraction of sp³-hybridized carbons (Fsp3) is 0.286. The minimum absolute atomic E-state index is 0.0256. The first-order valence-corrected chi connectivity index (χ1v) is 9.72. The zero-order valence-corrected chi connectivity index (χ0v) is 16.7. The summed E-state index contributed by atoms with van der Waals surface area (Å²) in [5, 5.41) is 1.10. The van der Waals surface area contributed by atoms with Crippen LogP contribution in [0.25, 0.3) is 6.08 Å². The number of anilines is 1. The Kier molecular flexibility index (Phi) is 6.64. The third-order valence-corrected chi connectivity index (χ3v) is 5.21. The first-order valence-electron chi connectivity index (χ1n) is 8.96. The molecule has 1 amide bonds. The highest BCUT2D eigenvalue weighted by Crippen LogP contribution is 2.27. The van der Waals surface area contributed by atoms with Crippen LogP contribution >= 0.6 is 23.2 Å². The van der Waals surface area contributed by atoms with Gasteiger partial charge in [0.05, 0.1) is 16.7 Å². The maximum atomic E-state index is 12.4. The van der Waals surface area contributed by atoms with Crippen molar-refractivity contribution in [2.24, 2.45) is 0 Å². The quantitative estimate of drug-likeness (QED) is 0.673. The lowest BCUT2D eigenvalue weighted by molar-refractivity contribution is -0.126. The molecule has 0 N–H and O–H groups in total. The van der Waals surface area contributed by atoms with Gasteiger partial charge in [0.1, 0.15) is 5.75 Å². The van der Waals surface area contributed by atoms with Crippen LogP contribution in [0, 0.1) is 0 Å². The summed E-state index contributed by atoms with van der Waals surface area (Å²) in [7, 11) is 0. The Morgan fingerprint density at radius 3 is 2.37 bits per heavy atom. The van der Waals surface area contributed by atoms with Crippen LogP contribution in [0.1, 0.15) is 12.5 Å². The number of amides is 1. The Bertz CT molecular complexity index is 813. The van der Waals surface area contributed by atoms with Gasteiger partial charge in [-0.05, 0) is 48.9 Å². The van der Waals surface area contributed by atoms with E-state index in [1.54, 1.807) is 12.1 Å². The lowest BCUT2D eigenvalue weighted by Gasteiger charge is -2.35. The molecule has 0 radical (unpaired) electrons. The summed E-state index contributed by atoms with van der Waals surface area (Å²) in [6.07, 6.45) is 3.47. The van der Waals surface area contributed by atoms with Crippen molar-refractivity contribution in [3.8, 4) is 5.75 Å². The van der Waals surface area contributed by atoms with Gasteiger partial charge in [-0.15, -0.1) is 0 Å². The molecule has 0 saturated carbocycles. The molecule has 1 saturated heterocycles. The number of hydrogen-bond donors (Lipinski definition) is 0. The van der Waals surface area contributed by atoms with Crippen LogP contribution in [0.5, 0.6) is 5.75 Å².